The number of benzene rings is 6. The minimum atomic E-state index is 0.0442. The molecule has 3 aliphatic rings. The highest BCUT2D eigenvalue weighted by atomic mass is 32.2. The topological polar surface area (TPSA) is 13.0 Å². The number of nitrogens with zero attached hydrogens (tertiary/aromatic N) is 4. The van der Waals surface area contributed by atoms with Crippen molar-refractivity contribution < 1.29 is 0 Å². The van der Waals surface area contributed by atoms with Gasteiger partial charge in [-0.1, -0.05) is 222 Å². The van der Waals surface area contributed by atoms with Crippen LogP contribution in [-0.2, 0) is 14.2 Å². The summed E-state index contributed by atoms with van der Waals surface area (Å²) in [6, 6.07) is 61.5. The summed E-state index contributed by atoms with van der Waals surface area (Å²) in [7, 11) is 12.6. The lowest BCUT2D eigenvalue weighted by molar-refractivity contribution is 0.136. The summed E-state index contributed by atoms with van der Waals surface area (Å²) in [4.78, 5) is 9.08. The van der Waals surface area contributed by atoms with Crippen LogP contribution in [0.5, 0.6) is 0 Å². The molecule has 0 N–H and O–H groups in total. The van der Waals surface area contributed by atoms with Crippen molar-refractivity contribution in [3.8, 4) is 11.1 Å². The third kappa shape index (κ3) is 31.5. The predicted octanol–water partition coefficient (Wildman–Crippen LogP) is 26.0. The van der Waals surface area contributed by atoms with Gasteiger partial charge in [-0.3, -0.25) is 9.80 Å². The lowest BCUT2D eigenvalue weighted by atomic mass is 9.90. The zero-order chi connectivity index (χ0) is 75.0. The van der Waals surface area contributed by atoms with Crippen molar-refractivity contribution in [3.05, 3.63) is 203 Å². The van der Waals surface area contributed by atoms with Crippen molar-refractivity contribution in [2.75, 3.05) is 73.6 Å². The van der Waals surface area contributed by atoms with E-state index in [0.29, 0.717) is 43.7 Å². The van der Waals surface area contributed by atoms with E-state index in [-0.39, 0.29) is 14.2 Å². The minimum absolute atomic E-state index is 0.0442. The number of hydrogen-bond acceptors (Lipinski definition) is 9. The second-order valence-corrected chi connectivity index (χ2v) is 39.0. The molecule has 0 unspecified atom stereocenters. The Bertz CT molecular complexity index is 2710. The summed E-state index contributed by atoms with van der Waals surface area (Å²) in [5, 5.41) is 0. The number of thioether (sulfide) groups is 5. The van der Waals surface area contributed by atoms with Crippen LogP contribution in [0.3, 0.4) is 0 Å². The molecule has 3 aliphatic carbocycles. The molecule has 0 bridgehead atoms. The van der Waals surface area contributed by atoms with Gasteiger partial charge in [-0.25, -0.2) is 0 Å². The van der Waals surface area contributed by atoms with Crippen LogP contribution in [0.2, 0.25) is 0 Å². The lowest BCUT2D eigenvalue weighted by Gasteiger charge is -2.35. The van der Waals surface area contributed by atoms with Crippen LogP contribution >= 0.6 is 58.8 Å². The fraction of sp³-hybridized carbons (Fsp3) is 0.596. The van der Waals surface area contributed by atoms with E-state index in [1.807, 2.05) is 58.8 Å². The second-order valence-electron chi connectivity index (χ2n) is 32.6. The van der Waals surface area contributed by atoms with Gasteiger partial charge < -0.3 is 9.80 Å². The summed E-state index contributed by atoms with van der Waals surface area (Å²) >= 11 is 9.77. The maximum absolute atomic E-state index is 2.40. The van der Waals surface area contributed by atoms with E-state index < -0.39 is 0 Å². The van der Waals surface area contributed by atoms with Gasteiger partial charge in [-0.05, 0) is 275 Å². The van der Waals surface area contributed by atoms with Crippen LogP contribution in [0.25, 0.3) is 11.1 Å². The van der Waals surface area contributed by atoms with Crippen LogP contribution in [-0.4, -0.2) is 137 Å². The van der Waals surface area contributed by atoms with Crippen molar-refractivity contribution in [2.24, 2.45) is 0 Å². The van der Waals surface area contributed by atoms with Gasteiger partial charge in [0.1, 0.15) is 0 Å². The smallest absolute Gasteiger partial charge is 0.0638 e. The zero-order valence-electron chi connectivity index (χ0n) is 68.7. The summed E-state index contributed by atoms with van der Waals surface area (Å²) in [5.41, 5.74) is 12.4. The first kappa shape index (κ1) is 92.9. The molecule has 98 heavy (non-hydrogen) atoms. The SMILES string of the molecule is CC(C)N(C)C(C)(C)C.CC(C)N(C)C(C)(C)C.CN(C)C(C)(C)C.CN(C)C(C)(C)C.CSC(C)(c1ccccc1)c1ccccc1.CSC(C)(c1ccccc1)c1ccccc1.CSC1(C)CCCCC1.CSC1(C)CCCCC1.CSC1(C)c2ccccc2-c2ccccc21. The third-order valence-corrected chi connectivity index (χ3v) is 27.5. The molecule has 0 radical (unpaired) electrons. The molecule has 0 aromatic heterocycles. The van der Waals surface area contributed by atoms with Crippen LogP contribution in [0.1, 0.15) is 243 Å². The molecule has 0 spiro atoms. The van der Waals surface area contributed by atoms with Crippen LogP contribution in [0.15, 0.2) is 170 Å². The molecule has 9 heteroatoms. The van der Waals surface area contributed by atoms with Crippen molar-refractivity contribution in [3.63, 3.8) is 0 Å². The summed E-state index contributed by atoms with van der Waals surface area (Å²) < 4.78 is 1.48. The van der Waals surface area contributed by atoms with E-state index in [4.69, 9.17) is 0 Å². The summed E-state index contributed by atoms with van der Waals surface area (Å²) in [6.07, 6.45) is 25.5. The molecule has 4 nitrogen and oxygen atoms in total. The maximum atomic E-state index is 2.40. The van der Waals surface area contributed by atoms with Crippen LogP contribution < -0.4 is 0 Å². The number of fused-ring (bicyclic) bond motifs is 3. The van der Waals surface area contributed by atoms with Crippen molar-refractivity contribution in [1.82, 2.24) is 19.6 Å². The van der Waals surface area contributed by atoms with E-state index in [1.165, 1.54) is 109 Å². The minimum Gasteiger partial charge on any atom is -0.305 e. The molecule has 0 aliphatic heterocycles. The Morgan fingerprint density at radius 3 is 0.673 bits per heavy atom. The predicted molar refractivity (Wildman–Crippen MR) is 460 cm³/mol. The fourth-order valence-electron chi connectivity index (χ4n) is 11.0. The number of rotatable bonds is 11. The monoisotopic (exact) mass is 1430 g/mol. The van der Waals surface area contributed by atoms with Crippen molar-refractivity contribution in [2.45, 2.75) is 268 Å². The highest BCUT2D eigenvalue weighted by Gasteiger charge is 2.38. The molecular formula is C89H146N4S5. The molecule has 552 valence electrons. The first-order valence-corrected chi connectivity index (χ1v) is 42.6. The van der Waals surface area contributed by atoms with E-state index in [2.05, 4.69) is 408 Å². The van der Waals surface area contributed by atoms with Crippen LogP contribution in [0, 0.1) is 0 Å². The van der Waals surface area contributed by atoms with Gasteiger partial charge in [0.25, 0.3) is 0 Å². The van der Waals surface area contributed by atoms with Gasteiger partial charge in [-0.15, -0.1) is 35.3 Å². The number of hydrogen-bond donors (Lipinski definition) is 0. The molecular weight excluding hydrogens is 1290 g/mol. The quantitative estimate of drug-likeness (QED) is 0.125. The standard InChI is InChI=1S/C15H14S.2C15H16S.2C8H19N.2C8H16S.2C6H15N/c1-15(16-2)13-9-5-3-7-11(13)12-8-4-6-10-14(12)15;2*1-15(16-2,13-9-5-3-6-10-13)14-11-7-4-8-12-14;2*1-7(2)9(6)8(3,4)5;2*1-8(9-2)6-4-3-5-7-8;2*1-6(2,3)7(4)5/h3-10H,1-2H3;2*3-12H,1-2H3;2*7H,1-6H3;2*3-7H2,1-2H3;2*1-5H3. The summed E-state index contributed by atoms with van der Waals surface area (Å²) in [5.74, 6) is 0. The molecule has 0 atom stereocenters. The van der Waals surface area contributed by atoms with E-state index in [9.17, 15) is 0 Å². The van der Waals surface area contributed by atoms with Gasteiger partial charge in [0, 0.05) is 43.7 Å². The molecule has 0 amide bonds. The third-order valence-electron chi connectivity index (χ3n) is 20.9. The first-order valence-electron chi connectivity index (χ1n) is 36.4. The van der Waals surface area contributed by atoms with E-state index in [1.54, 1.807) is 0 Å². The molecule has 9 rings (SSSR count). The second kappa shape index (κ2) is 43.9. The van der Waals surface area contributed by atoms with Crippen molar-refractivity contribution in [1.29, 1.82) is 0 Å². The zero-order valence-corrected chi connectivity index (χ0v) is 72.8. The molecule has 6 aromatic rings. The highest BCUT2D eigenvalue weighted by Crippen LogP contribution is 2.54. The lowest BCUT2D eigenvalue weighted by Crippen LogP contribution is -2.42. The largest absolute Gasteiger partial charge is 0.305 e. The summed E-state index contributed by atoms with van der Waals surface area (Å²) in [6.45, 7) is 47.0. The Balaban J connectivity index is 0.000000563. The Morgan fingerprint density at radius 2 is 0.520 bits per heavy atom. The Morgan fingerprint density at radius 1 is 0.306 bits per heavy atom. The molecule has 0 heterocycles. The highest BCUT2D eigenvalue weighted by molar-refractivity contribution is 8.00. The molecule has 0 saturated heterocycles. The van der Waals surface area contributed by atoms with Gasteiger partial charge in [0.15, 0.2) is 0 Å². The van der Waals surface area contributed by atoms with E-state index >= 15 is 0 Å². The maximum Gasteiger partial charge on any atom is 0.0638 e. The Hall–Kier alpha value is -3.09. The Labute approximate surface area is 629 Å². The molecule has 6 aromatic carbocycles. The Kier molecular flexibility index (Phi) is 41.6. The van der Waals surface area contributed by atoms with Crippen LogP contribution in [0.4, 0.5) is 0 Å². The van der Waals surface area contributed by atoms with Gasteiger partial charge in [0.05, 0.1) is 14.2 Å². The van der Waals surface area contributed by atoms with Gasteiger partial charge in [0.2, 0.25) is 0 Å². The average molecular weight is 1430 g/mol. The van der Waals surface area contributed by atoms with E-state index in [0.717, 1.165) is 0 Å². The fourth-order valence-corrected chi connectivity index (χ4v) is 14.7. The molecule has 2 saturated carbocycles. The average Bonchev–Trinajstić information content (AvgIpc) is 1.58. The first-order chi connectivity index (χ1) is 45.4. The molecule has 2 fully saturated rings. The van der Waals surface area contributed by atoms with Gasteiger partial charge >= 0.3 is 0 Å². The van der Waals surface area contributed by atoms with Crippen molar-refractivity contribution >= 4 is 58.8 Å². The van der Waals surface area contributed by atoms with Gasteiger partial charge in [-0.2, -0.15) is 23.5 Å². The normalized spacial score (nSPS) is 15.3.